The minimum absolute atomic E-state index is 1.44. The third kappa shape index (κ3) is 0.661. The van der Waals surface area contributed by atoms with Crippen LogP contribution in [0.5, 0.6) is 0 Å². The second kappa shape index (κ2) is 1.90. The second-order valence-electron chi connectivity index (χ2n) is 1.66. The van der Waals surface area contributed by atoms with Gasteiger partial charge in [-0.3, -0.25) is 0 Å². The molecule has 2 aromatic rings. The van der Waals surface area contributed by atoms with Gasteiger partial charge >= 0.3 is 0 Å². The van der Waals surface area contributed by atoms with E-state index in [2.05, 4.69) is 20.3 Å². The number of rotatable bonds is 1. The molecule has 2 aromatic heterocycles. The van der Waals surface area contributed by atoms with Crippen LogP contribution in [-0.4, -0.2) is 29.7 Å². The number of aromatic nitrogens is 6. The highest BCUT2D eigenvalue weighted by Crippen LogP contribution is 1.81. The molecule has 0 aliphatic rings. The molecule has 0 aliphatic carbocycles. The summed E-state index contributed by atoms with van der Waals surface area (Å²) in [4.78, 5) is 5.27. The zero-order valence-electron chi connectivity index (χ0n) is 4.99. The molecule has 0 unspecified atom stereocenters. The highest BCUT2D eigenvalue weighted by molar-refractivity contribution is 4.64. The molecule has 50 valence electrons. The molecular weight excluding hydrogens is 132 g/mol. The quantitative estimate of drug-likeness (QED) is 0.514. The summed E-state index contributed by atoms with van der Waals surface area (Å²) < 4.78 is 1.60. The Morgan fingerprint density at radius 2 is 1.80 bits per heavy atom. The van der Waals surface area contributed by atoms with E-state index >= 15 is 0 Å². The van der Waals surface area contributed by atoms with Gasteiger partial charge in [-0.2, -0.15) is 4.79 Å². The summed E-state index contributed by atoms with van der Waals surface area (Å²) >= 11 is 0. The number of hydrogen-bond acceptors (Lipinski definition) is 4. The van der Waals surface area contributed by atoms with Crippen molar-refractivity contribution >= 4 is 0 Å². The normalized spacial score (nSPS) is 10.0. The maximum absolute atomic E-state index is 3.85. The fourth-order valence-electron chi connectivity index (χ4n) is 0.622. The van der Waals surface area contributed by atoms with Crippen molar-refractivity contribution < 1.29 is 0 Å². The Morgan fingerprint density at radius 3 is 2.40 bits per heavy atom. The highest BCUT2D eigenvalue weighted by Gasteiger charge is 1.90. The molecule has 0 saturated heterocycles. The average Bonchev–Trinajstić information content (AvgIpc) is 2.59. The molecule has 0 atom stereocenters. The van der Waals surface area contributed by atoms with Crippen molar-refractivity contribution in [3.05, 3.63) is 25.3 Å². The van der Waals surface area contributed by atoms with E-state index < -0.39 is 0 Å². The van der Waals surface area contributed by atoms with E-state index in [9.17, 15) is 0 Å². The molecular formula is C4H4N6. The van der Waals surface area contributed by atoms with E-state index in [1.165, 1.54) is 23.8 Å². The lowest BCUT2D eigenvalue weighted by molar-refractivity contribution is 0.569. The van der Waals surface area contributed by atoms with Crippen LogP contribution < -0.4 is 0 Å². The first-order valence-electron chi connectivity index (χ1n) is 2.67. The van der Waals surface area contributed by atoms with Crippen LogP contribution >= 0.6 is 0 Å². The van der Waals surface area contributed by atoms with Crippen molar-refractivity contribution in [2.24, 2.45) is 0 Å². The lowest BCUT2D eigenvalue weighted by Gasteiger charge is -1.94. The molecule has 6 nitrogen and oxygen atoms in total. The first-order chi connectivity index (χ1) is 4.97. The molecule has 0 saturated carbocycles. The summed E-state index contributed by atoms with van der Waals surface area (Å²) in [5.41, 5.74) is 0. The largest absolute Gasteiger partial charge is 0.221 e. The Balaban J connectivity index is 2.48. The summed E-state index contributed by atoms with van der Waals surface area (Å²) in [6, 6.07) is 0. The van der Waals surface area contributed by atoms with Crippen LogP contribution in [0.15, 0.2) is 25.3 Å². The van der Waals surface area contributed by atoms with Crippen molar-refractivity contribution in [3.8, 4) is 0 Å². The molecule has 6 heteroatoms. The van der Waals surface area contributed by atoms with E-state index in [4.69, 9.17) is 0 Å². The van der Waals surface area contributed by atoms with E-state index in [1.54, 1.807) is 11.0 Å². The number of nitrogens with zero attached hydrogens (tertiary/aromatic N) is 6. The Labute approximate surface area is 56.1 Å². The summed E-state index contributed by atoms with van der Waals surface area (Å²) in [5.74, 6) is 0. The summed E-state index contributed by atoms with van der Waals surface area (Å²) in [5, 5.41) is 11.1. The molecule has 0 amide bonds. The first kappa shape index (κ1) is 5.10. The molecule has 0 aliphatic heterocycles. The van der Waals surface area contributed by atoms with Crippen LogP contribution in [0, 0.1) is 0 Å². The lowest BCUT2D eigenvalue weighted by atomic mass is 11.2. The second-order valence-corrected chi connectivity index (χ2v) is 1.66. The van der Waals surface area contributed by atoms with Crippen LogP contribution in [0.3, 0.4) is 0 Å². The van der Waals surface area contributed by atoms with Gasteiger partial charge in [0, 0.05) is 0 Å². The number of hydrogen-bond donors (Lipinski definition) is 0. The van der Waals surface area contributed by atoms with E-state index in [-0.39, 0.29) is 0 Å². The average molecular weight is 136 g/mol. The smallest absolute Gasteiger partial charge is 0.141 e. The topological polar surface area (TPSA) is 61.4 Å². The van der Waals surface area contributed by atoms with Crippen molar-refractivity contribution in [2.45, 2.75) is 0 Å². The van der Waals surface area contributed by atoms with Crippen molar-refractivity contribution in [1.29, 1.82) is 0 Å². The van der Waals surface area contributed by atoms with Crippen LogP contribution in [0.1, 0.15) is 0 Å². The van der Waals surface area contributed by atoms with Gasteiger partial charge in [0.25, 0.3) is 0 Å². The van der Waals surface area contributed by atoms with E-state index in [1.807, 2.05) is 0 Å². The first-order valence-corrected chi connectivity index (χ1v) is 2.67. The zero-order chi connectivity index (χ0) is 6.81. The maximum atomic E-state index is 3.85. The van der Waals surface area contributed by atoms with Crippen molar-refractivity contribution in [2.75, 3.05) is 0 Å². The summed E-state index contributed by atoms with van der Waals surface area (Å²) in [7, 11) is 0. The minimum atomic E-state index is 1.44. The van der Waals surface area contributed by atoms with Gasteiger partial charge in [-0.1, -0.05) is 0 Å². The van der Waals surface area contributed by atoms with E-state index in [0.717, 1.165) is 0 Å². The van der Waals surface area contributed by atoms with Gasteiger partial charge in [-0.05, 0) is 0 Å². The van der Waals surface area contributed by atoms with Gasteiger partial charge in [0.2, 0.25) is 0 Å². The Bertz CT molecular complexity index is 249. The molecule has 0 spiro atoms. The molecule has 2 heterocycles. The molecule has 0 radical (unpaired) electrons. The predicted octanol–water partition coefficient (Wildman–Crippen LogP) is -0.819. The Kier molecular flexibility index (Phi) is 0.970. The van der Waals surface area contributed by atoms with Crippen molar-refractivity contribution in [3.63, 3.8) is 0 Å². The van der Waals surface area contributed by atoms with Crippen LogP contribution in [0.2, 0.25) is 0 Å². The van der Waals surface area contributed by atoms with Gasteiger partial charge in [0.15, 0.2) is 0 Å². The molecule has 0 bridgehead atoms. The molecule has 2 rings (SSSR count). The van der Waals surface area contributed by atoms with Gasteiger partial charge in [-0.15, -0.1) is 15.3 Å². The van der Waals surface area contributed by atoms with Gasteiger partial charge in [0.1, 0.15) is 25.3 Å². The fraction of sp³-hybridized carbons (Fsp3) is 0. The molecule has 0 fully saturated rings. The third-order valence-electron chi connectivity index (χ3n) is 1.05. The zero-order valence-corrected chi connectivity index (χ0v) is 4.99. The summed E-state index contributed by atoms with van der Waals surface area (Å²) in [6.45, 7) is 0. The predicted molar refractivity (Wildman–Crippen MR) is 30.8 cm³/mol. The standard InChI is InChI=1S/C4H4N6/c1-5-2-10(8-1)9-3-6-7-4-9/h1-4H. The van der Waals surface area contributed by atoms with Gasteiger partial charge in [0.05, 0.1) is 0 Å². The minimum Gasteiger partial charge on any atom is -0.221 e. The monoisotopic (exact) mass is 136 g/mol. The maximum Gasteiger partial charge on any atom is 0.141 e. The Morgan fingerprint density at radius 1 is 1.00 bits per heavy atom. The lowest BCUT2D eigenvalue weighted by Crippen LogP contribution is -2.06. The van der Waals surface area contributed by atoms with Gasteiger partial charge in [-0.25, -0.2) is 9.66 Å². The third-order valence-corrected chi connectivity index (χ3v) is 1.05. The molecule has 0 aromatic carbocycles. The van der Waals surface area contributed by atoms with Crippen LogP contribution in [0.4, 0.5) is 0 Å². The highest BCUT2D eigenvalue weighted by atomic mass is 15.6. The summed E-state index contributed by atoms with van der Waals surface area (Å²) in [6.07, 6.45) is 6.08. The van der Waals surface area contributed by atoms with Crippen LogP contribution in [-0.2, 0) is 0 Å². The van der Waals surface area contributed by atoms with Gasteiger partial charge < -0.3 is 0 Å². The Hall–Kier alpha value is -1.72. The van der Waals surface area contributed by atoms with Crippen molar-refractivity contribution in [1.82, 2.24) is 29.7 Å². The van der Waals surface area contributed by atoms with Crippen LogP contribution in [0.25, 0.3) is 0 Å². The fourth-order valence-corrected chi connectivity index (χ4v) is 0.622. The molecule has 0 N–H and O–H groups in total. The van der Waals surface area contributed by atoms with E-state index in [0.29, 0.717) is 0 Å². The SMILES string of the molecule is c1ncn(-n2cnnc2)n1. The molecule has 10 heavy (non-hydrogen) atoms.